The summed E-state index contributed by atoms with van der Waals surface area (Å²) in [6.45, 7) is 7.12. The molecule has 0 aromatic carbocycles. The molecule has 1 aliphatic carbocycles. The number of aromatic nitrogens is 3. The predicted octanol–water partition coefficient (Wildman–Crippen LogP) is 3.00. The van der Waals surface area contributed by atoms with E-state index in [9.17, 15) is 0 Å². The highest BCUT2D eigenvalue weighted by Gasteiger charge is 2.20. The average Bonchev–Trinajstić information content (AvgIpc) is 3.11. The third kappa shape index (κ3) is 6.67. The molecule has 0 unspecified atom stereocenters. The van der Waals surface area contributed by atoms with Gasteiger partial charge in [-0.15, -0.1) is 10.2 Å². The molecule has 1 saturated carbocycles. The summed E-state index contributed by atoms with van der Waals surface area (Å²) in [6.07, 6.45) is 12.4. The lowest BCUT2D eigenvalue weighted by molar-refractivity contribution is 0.259. The van der Waals surface area contributed by atoms with Gasteiger partial charge in [0.25, 0.3) is 0 Å². The Morgan fingerprint density at radius 1 is 1.20 bits per heavy atom. The van der Waals surface area contributed by atoms with Crippen LogP contribution in [0.2, 0.25) is 0 Å². The van der Waals surface area contributed by atoms with Crippen molar-refractivity contribution in [3.8, 4) is 0 Å². The number of aliphatic imine (C=N–C) groups is 1. The Kier molecular flexibility index (Phi) is 8.77. The van der Waals surface area contributed by atoms with Gasteiger partial charge >= 0.3 is 0 Å². The van der Waals surface area contributed by atoms with Crippen LogP contribution in [0, 0.1) is 11.8 Å². The van der Waals surface area contributed by atoms with Gasteiger partial charge in [-0.2, -0.15) is 0 Å². The maximum Gasteiger partial charge on any atom is 0.191 e. The molecule has 2 N–H and O–H groups in total. The fourth-order valence-electron chi connectivity index (χ4n) is 3.71. The molecule has 1 aliphatic rings. The van der Waals surface area contributed by atoms with E-state index in [1.165, 1.54) is 44.9 Å². The van der Waals surface area contributed by atoms with E-state index in [0.29, 0.717) is 0 Å². The molecule has 0 saturated heterocycles. The zero-order valence-electron chi connectivity index (χ0n) is 16.3. The van der Waals surface area contributed by atoms with Crippen LogP contribution in [0.1, 0.15) is 64.6 Å². The van der Waals surface area contributed by atoms with Crippen molar-refractivity contribution in [1.29, 1.82) is 0 Å². The summed E-state index contributed by atoms with van der Waals surface area (Å²) in [7, 11) is 1.84. The van der Waals surface area contributed by atoms with Crippen LogP contribution in [0.3, 0.4) is 0 Å². The van der Waals surface area contributed by atoms with Crippen molar-refractivity contribution in [3.05, 3.63) is 12.2 Å². The van der Waals surface area contributed by atoms with Gasteiger partial charge in [0.15, 0.2) is 5.96 Å². The molecular weight excluding hydrogens is 312 g/mol. The topological polar surface area (TPSA) is 67.1 Å². The lowest BCUT2D eigenvalue weighted by atomic mass is 9.80. The van der Waals surface area contributed by atoms with Crippen LogP contribution in [-0.4, -0.2) is 40.9 Å². The van der Waals surface area contributed by atoms with Crippen LogP contribution in [0.5, 0.6) is 0 Å². The van der Waals surface area contributed by atoms with Crippen molar-refractivity contribution in [2.75, 3.05) is 20.1 Å². The maximum atomic E-state index is 4.34. The van der Waals surface area contributed by atoms with E-state index in [-0.39, 0.29) is 0 Å². The Morgan fingerprint density at radius 3 is 2.64 bits per heavy atom. The van der Waals surface area contributed by atoms with Crippen LogP contribution < -0.4 is 10.6 Å². The summed E-state index contributed by atoms with van der Waals surface area (Å²) in [6, 6.07) is 0. The molecule has 1 aromatic heterocycles. The van der Waals surface area contributed by atoms with Gasteiger partial charge in [0.1, 0.15) is 12.2 Å². The van der Waals surface area contributed by atoms with Gasteiger partial charge in [0.05, 0.1) is 0 Å². The van der Waals surface area contributed by atoms with Crippen LogP contribution in [0.25, 0.3) is 0 Å². The molecule has 1 heterocycles. The molecule has 0 spiro atoms. The van der Waals surface area contributed by atoms with Gasteiger partial charge in [-0.3, -0.25) is 4.99 Å². The Balaban J connectivity index is 1.62. The van der Waals surface area contributed by atoms with Crippen LogP contribution in [0.15, 0.2) is 11.3 Å². The molecule has 6 heteroatoms. The molecule has 0 atom stereocenters. The number of rotatable bonds is 9. The number of hydrogen-bond donors (Lipinski definition) is 2. The summed E-state index contributed by atoms with van der Waals surface area (Å²) in [5.41, 5.74) is 0. The smallest absolute Gasteiger partial charge is 0.191 e. The molecule has 6 nitrogen and oxygen atoms in total. The van der Waals surface area contributed by atoms with E-state index >= 15 is 0 Å². The first kappa shape index (κ1) is 19.7. The Bertz CT molecular complexity index is 502. The molecule has 2 rings (SSSR count). The van der Waals surface area contributed by atoms with Crippen molar-refractivity contribution in [2.45, 2.75) is 71.8 Å². The van der Waals surface area contributed by atoms with E-state index in [2.05, 4.69) is 44.2 Å². The van der Waals surface area contributed by atoms with E-state index in [4.69, 9.17) is 0 Å². The van der Waals surface area contributed by atoms with E-state index in [1.807, 2.05) is 7.05 Å². The van der Waals surface area contributed by atoms with Crippen molar-refractivity contribution in [1.82, 2.24) is 25.4 Å². The third-order valence-corrected chi connectivity index (χ3v) is 5.37. The third-order valence-electron chi connectivity index (χ3n) is 5.37. The van der Waals surface area contributed by atoms with Crippen molar-refractivity contribution in [2.24, 2.45) is 16.8 Å². The summed E-state index contributed by atoms with van der Waals surface area (Å²) in [5, 5.41) is 15.0. The minimum absolute atomic E-state index is 0.793. The van der Waals surface area contributed by atoms with Gasteiger partial charge in [-0.05, 0) is 24.7 Å². The quantitative estimate of drug-likeness (QED) is 0.532. The van der Waals surface area contributed by atoms with Gasteiger partial charge in [-0.25, -0.2) is 0 Å². The largest absolute Gasteiger partial charge is 0.356 e. The van der Waals surface area contributed by atoms with Gasteiger partial charge in [0.2, 0.25) is 0 Å². The number of hydrogen-bond acceptors (Lipinski definition) is 3. The summed E-state index contributed by atoms with van der Waals surface area (Å²) >= 11 is 0. The minimum Gasteiger partial charge on any atom is -0.356 e. The van der Waals surface area contributed by atoms with Gasteiger partial charge in [0, 0.05) is 33.1 Å². The summed E-state index contributed by atoms with van der Waals surface area (Å²) < 4.78 is 2.10. The molecule has 0 aliphatic heterocycles. The molecule has 0 bridgehead atoms. The second-order valence-corrected chi connectivity index (χ2v) is 7.20. The molecule has 1 fully saturated rings. The fraction of sp³-hybridized carbons (Fsp3) is 0.842. The molecule has 0 amide bonds. The van der Waals surface area contributed by atoms with Gasteiger partial charge < -0.3 is 15.2 Å². The SMILES string of the molecule is CCCCC1CCC(CNC(=NC)NCCn2cnnc2CC)CC1. The number of aryl methyl sites for hydroxylation is 1. The number of nitrogens with one attached hydrogen (secondary N) is 2. The minimum atomic E-state index is 0.793. The normalized spacial score (nSPS) is 21.3. The average molecular weight is 349 g/mol. The van der Waals surface area contributed by atoms with Crippen LogP contribution >= 0.6 is 0 Å². The first-order chi connectivity index (χ1) is 12.3. The molecule has 1 aromatic rings. The Hall–Kier alpha value is -1.59. The second kappa shape index (κ2) is 11.1. The Labute approximate surface area is 152 Å². The molecule has 25 heavy (non-hydrogen) atoms. The summed E-state index contributed by atoms with van der Waals surface area (Å²) in [4.78, 5) is 4.34. The number of nitrogens with zero attached hydrogens (tertiary/aromatic N) is 4. The maximum absolute atomic E-state index is 4.34. The highest BCUT2D eigenvalue weighted by molar-refractivity contribution is 5.79. The van der Waals surface area contributed by atoms with E-state index in [1.54, 1.807) is 6.33 Å². The zero-order chi connectivity index (χ0) is 17.9. The van der Waals surface area contributed by atoms with Crippen LogP contribution in [-0.2, 0) is 13.0 Å². The lowest BCUT2D eigenvalue weighted by Gasteiger charge is -2.29. The zero-order valence-corrected chi connectivity index (χ0v) is 16.3. The molecule has 142 valence electrons. The van der Waals surface area contributed by atoms with Gasteiger partial charge in [-0.1, -0.05) is 46.0 Å². The first-order valence-corrected chi connectivity index (χ1v) is 10.1. The summed E-state index contributed by atoms with van der Waals surface area (Å²) in [5.74, 6) is 3.70. The van der Waals surface area contributed by atoms with Crippen molar-refractivity contribution < 1.29 is 0 Å². The Morgan fingerprint density at radius 2 is 1.96 bits per heavy atom. The fourth-order valence-corrected chi connectivity index (χ4v) is 3.71. The number of unbranched alkanes of at least 4 members (excludes halogenated alkanes) is 1. The molecular formula is C19H36N6. The molecule has 0 radical (unpaired) electrons. The standard InChI is InChI=1S/C19H36N6/c1-4-6-7-16-8-10-17(11-9-16)14-22-19(20-3)21-12-13-25-15-23-24-18(25)5-2/h15-17H,4-14H2,1-3H3,(H2,20,21,22). The lowest BCUT2D eigenvalue weighted by Crippen LogP contribution is -2.41. The van der Waals surface area contributed by atoms with E-state index in [0.717, 1.165) is 49.7 Å². The first-order valence-electron chi connectivity index (χ1n) is 10.1. The van der Waals surface area contributed by atoms with Crippen molar-refractivity contribution in [3.63, 3.8) is 0 Å². The van der Waals surface area contributed by atoms with Crippen molar-refractivity contribution >= 4 is 5.96 Å². The highest BCUT2D eigenvalue weighted by atomic mass is 15.3. The number of guanidine groups is 1. The van der Waals surface area contributed by atoms with E-state index < -0.39 is 0 Å². The van der Waals surface area contributed by atoms with Crippen LogP contribution in [0.4, 0.5) is 0 Å². The highest BCUT2D eigenvalue weighted by Crippen LogP contribution is 2.31. The second-order valence-electron chi connectivity index (χ2n) is 7.20. The predicted molar refractivity (Wildman–Crippen MR) is 104 cm³/mol. The monoisotopic (exact) mass is 348 g/mol.